The van der Waals surface area contributed by atoms with E-state index >= 15 is 0 Å². The molecule has 0 radical (unpaired) electrons. The van der Waals surface area contributed by atoms with Crippen LogP contribution in [0.1, 0.15) is 15.9 Å². The molecule has 4 heterocycles. The van der Waals surface area contributed by atoms with Crippen LogP contribution in [0.2, 0.25) is 0 Å². The number of amides is 1. The Morgan fingerprint density at radius 2 is 1.69 bits per heavy atom. The van der Waals surface area contributed by atoms with Gasteiger partial charge in [-0.25, -0.2) is 14.6 Å². The maximum atomic E-state index is 13.0. The summed E-state index contributed by atoms with van der Waals surface area (Å²) in [6.07, 6.45) is 3.12. The van der Waals surface area contributed by atoms with Gasteiger partial charge in [0, 0.05) is 43.3 Å². The highest BCUT2D eigenvalue weighted by Gasteiger charge is 2.29. The summed E-state index contributed by atoms with van der Waals surface area (Å²) in [4.78, 5) is 41.5. The number of rotatable bonds is 5. The van der Waals surface area contributed by atoms with Crippen molar-refractivity contribution >= 4 is 39.6 Å². The molecular weight excluding hydrogens is 444 g/mol. The molecule has 0 aliphatic carbocycles. The maximum absolute atomic E-state index is 13.0. The van der Waals surface area contributed by atoms with Crippen molar-refractivity contribution in [3.05, 3.63) is 78.2 Å². The number of aromatic nitrogens is 6. The fourth-order valence-corrected chi connectivity index (χ4v) is 4.51. The SMILES string of the molecule is O=C(C(=O)N1CCN(c2ncnc3c2nnn3Cc2ccccc2)CC1)c1c[nH]c2ccccc12. The summed E-state index contributed by atoms with van der Waals surface area (Å²) < 4.78 is 1.76. The van der Waals surface area contributed by atoms with Crippen LogP contribution in [0, 0.1) is 0 Å². The second-order valence-electron chi connectivity index (χ2n) is 8.46. The number of para-hydroxylation sites is 1. The van der Waals surface area contributed by atoms with Gasteiger partial charge in [-0.05, 0) is 11.6 Å². The smallest absolute Gasteiger partial charge is 0.295 e. The van der Waals surface area contributed by atoms with Gasteiger partial charge in [0.15, 0.2) is 17.0 Å². The zero-order chi connectivity index (χ0) is 23.8. The Hall–Kier alpha value is -4.60. The number of H-pyrrole nitrogens is 1. The number of nitrogens with one attached hydrogen (secondary N) is 1. The summed E-state index contributed by atoms with van der Waals surface area (Å²) in [6.45, 7) is 2.45. The lowest BCUT2D eigenvalue weighted by molar-refractivity contribution is -0.126. The Labute approximate surface area is 200 Å². The van der Waals surface area contributed by atoms with Crippen LogP contribution < -0.4 is 4.90 Å². The van der Waals surface area contributed by atoms with E-state index in [1.807, 2.05) is 54.6 Å². The number of ketones is 1. The first-order valence-corrected chi connectivity index (χ1v) is 11.4. The zero-order valence-corrected chi connectivity index (χ0v) is 18.8. The predicted molar refractivity (Wildman–Crippen MR) is 130 cm³/mol. The van der Waals surface area contributed by atoms with E-state index in [-0.39, 0.29) is 0 Å². The Kier molecular flexibility index (Phi) is 5.17. The molecule has 1 saturated heterocycles. The number of aromatic amines is 1. The normalized spacial score (nSPS) is 14.1. The molecule has 10 heteroatoms. The molecular formula is C25H22N8O2. The van der Waals surface area contributed by atoms with Crippen molar-refractivity contribution in [1.29, 1.82) is 0 Å². The Morgan fingerprint density at radius 1 is 0.914 bits per heavy atom. The van der Waals surface area contributed by atoms with Gasteiger partial charge < -0.3 is 14.8 Å². The third kappa shape index (κ3) is 3.78. The van der Waals surface area contributed by atoms with Crippen molar-refractivity contribution in [1.82, 2.24) is 34.8 Å². The number of Topliss-reactive ketones (excluding diaryl/α,β-unsaturated/α-hetero) is 1. The van der Waals surface area contributed by atoms with Crippen molar-refractivity contribution in [2.75, 3.05) is 31.1 Å². The Morgan fingerprint density at radius 3 is 2.51 bits per heavy atom. The predicted octanol–water partition coefficient (Wildman–Crippen LogP) is 2.28. The number of hydrogen-bond donors (Lipinski definition) is 1. The first-order valence-electron chi connectivity index (χ1n) is 11.4. The number of benzene rings is 2. The van der Waals surface area contributed by atoms with Gasteiger partial charge in [-0.1, -0.05) is 53.7 Å². The van der Waals surface area contributed by atoms with Gasteiger partial charge in [0.2, 0.25) is 0 Å². The minimum Gasteiger partial charge on any atom is -0.360 e. The fraction of sp³-hybridized carbons (Fsp3) is 0.200. The van der Waals surface area contributed by atoms with Crippen molar-refractivity contribution < 1.29 is 9.59 Å². The van der Waals surface area contributed by atoms with E-state index in [1.54, 1.807) is 15.8 Å². The molecule has 35 heavy (non-hydrogen) atoms. The standard InChI is InChI=1S/C25H22N8O2/c34-22(19-14-26-20-9-5-4-8-18(19)20)25(35)32-12-10-31(11-13-32)23-21-24(28-16-27-23)33(30-29-21)15-17-6-2-1-3-7-17/h1-9,14,16,26H,10-13,15H2. The first-order chi connectivity index (χ1) is 17.2. The lowest BCUT2D eigenvalue weighted by Gasteiger charge is -2.34. The topological polar surface area (TPSA) is 113 Å². The highest BCUT2D eigenvalue weighted by atomic mass is 16.2. The fourth-order valence-electron chi connectivity index (χ4n) is 4.51. The van der Waals surface area contributed by atoms with Crippen LogP contribution in [-0.2, 0) is 11.3 Å². The number of nitrogens with zero attached hydrogens (tertiary/aromatic N) is 7. The van der Waals surface area contributed by atoms with E-state index in [0.29, 0.717) is 55.3 Å². The van der Waals surface area contributed by atoms with Gasteiger partial charge in [0.05, 0.1) is 12.1 Å². The lowest BCUT2D eigenvalue weighted by Crippen LogP contribution is -2.51. The number of anilines is 1. The molecule has 1 fully saturated rings. The molecule has 5 aromatic rings. The molecule has 1 aliphatic heterocycles. The highest BCUT2D eigenvalue weighted by Crippen LogP contribution is 2.23. The molecule has 10 nitrogen and oxygen atoms in total. The average Bonchev–Trinajstić information content (AvgIpc) is 3.53. The zero-order valence-electron chi connectivity index (χ0n) is 18.8. The Balaban J connectivity index is 1.17. The summed E-state index contributed by atoms with van der Waals surface area (Å²) in [5.41, 5.74) is 3.62. The molecule has 3 aromatic heterocycles. The van der Waals surface area contributed by atoms with Gasteiger partial charge in [-0.15, -0.1) is 5.10 Å². The van der Waals surface area contributed by atoms with Gasteiger partial charge in [0.25, 0.3) is 11.7 Å². The van der Waals surface area contributed by atoms with E-state index in [1.165, 1.54) is 6.33 Å². The van der Waals surface area contributed by atoms with Crippen LogP contribution >= 0.6 is 0 Å². The van der Waals surface area contributed by atoms with E-state index in [9.17, 15) is 9.59 Å². The molecule has 1 N–H and O–H groups in total. The van der Waals surface area contributed by atoms with Gasteiger partial charge in [-0.3, -0.25) is 9.59 Å². The molecule has 1 aliphatic rings. The number of carbonyl (C=O) groups is 2. The molecule has 2 aromatic carbocycles. The summed E-state index contributed by atoms with van der Waals surface area (Å²) in [5, 5.41) is 9.39. The summed E-state index contributed by atoms with van der Waals surface area (Å²) in [6, 6.07) is 17.5. The van der Waals surface area contributed by atoms with E-state index in [2.05, 4.69) is 30.2 Å². The summed E-state index contributed by atoms with van der Waals surface area (Å²) in [7, 11) is 0. The molecule has 0 spiro atoms. The molecule has 174 valence electrons. The second-order valence-corrected chi connectivity index (χ2v) is 8.46. The van der Waals surface area contributed by atoms with E-state index in [0.717, 1.165) is 16.5 Å². The van der Waals surface area contributed by atoms with Crippen molar-refractivity contribution in [2.45, 2.75) is 6.54 Å². The Bertz CT molecular complexity index is 1530. The minimum absolute atomic E-state index is 0.403. The van der Waals surface area contributed by atoms with Crippen LogP contribution in [0.15, 0.2) is 67.1 Å². The van der Waals surface area contributed by atoms with Gasteiger partial charge in [0.1, 0.15) is 6.33 Å². The highest BCUT2D eigenvalue weighted by molar-refractivity contribution is 6.44. The van der Waals surface area contributed by atoms with Crippen molar-refractivity contribution in [3.63, 3.8) is 0 Å². The van der Waals surface area contributed by atoms with Gasteiger partial charge in [-0.2, -0.15) is 0 Å². The molecule has 0 saturated carbocycles. The van der Waals surface area contributed by atoms with E-state index < -0.39 is 11.7 Å². The first kappa shape index (κ1) is 21.0. The molecule has 0 unspecified atom stereocenters. The molecule has 0 bridgehead atoms. The quantitative estimate of drug-likeness (QED) is 0.312. The minimum atomic E-state index is -0.496. The molecule has 0 atom stereocenters. The molecule has 1 amide bonds. The van der Waals surface area contributed by atoms with Crippen molar-refractivity contribution in [2.24, 2.45) is 0 Å². The largest absolute Gasteiger partial charge is 0.360 e. The van der Waals surface area contributed by atoms with Crippen LogP contribution in [-0.4, -0.2) is 72.7 Å². The summed E-state index contributed by atoms with van der Waals surface area (Å²) >= 11 is 0. The number of hydrogen-bond acceptors (Lipinski definition) is 7. The lowest BCUT2D eigenvalue weighted by atomic mass is 10.1. The molecule has 6 rings (SSSR count). The van der Waals surface area contributed by atoms with Crippen LogP contribution in [0.25, 0.3) is 22.1 Å². The number of fused-ring (bicyclic) bond motifs is 2. The van der Waals surface area contributed by atoms with Gasteiger partial charge >= 0.3 is 0 Å². The van der Waals surface area contributed by atoms with Crippen LogP contribution in [0.4, 0.5) is 5.82 Å². The van der Waals surface area contributed by atoms with Crippen LogP contribution in [0.3, 0.4) is 0 Å². The van der Waals surface area contributed by atoms with Crippen molar-refractivity contribution in [3.8, 4) is 0 Å². The number of carbonyl (C=O) groups excluding carboxylic acids is 2. The maximum Gasteiger partial charge on any atom is 0.295 e. The average molecular weight is 467 g/mol. The van der Waals surface area contributed by atoms with Crippen LogP contribution in [0.5, 0.6) is 0 Å². The number of piperazine rings is 1. The third-order valence-electron chi connectivity index (χ3n) is 6.35. The second kappa shape index (κ2) is 8.64. The third-order valence-corrected chi connectivity index (χ3v) is 6.35. The van der Waals surface area contributed by atoms with E-state index in [4.69, 9.17) is 0 Å². The summed E-state index contributed by atoms with van der Waals surface area (Å²) in [5.74, 6) is -0.301. The monoisotopic (exact) mass is 466 g/mol.